The molecule has 0 bridgehead atoms. The number of halogens is 5. The Bertz CT molecular complexity index is 184. The van der Waals surface area contributed by atoms with E-state index < -0.39 is 22.3 Å². The van der Waals surface area contributed by atoms with Crippen LogP contribution in [-0.4, -0.2) is 29.5 Å². The van der Waals surface area contributed by atoms with Crippen molar-refractivity contribution < 1.29 is 22.7 Å². The van der Waals surface area contributed by atoms with Crippen LogP contribution in [0.3, 0.4) is 0 Å². The van der Waals surface area contributed by atoms with Crippen molar-refractivity contribution in [3.8, 4) is 0 Å². The van der Waals surface area contributed by atoms with E-state index in [-0.39, 0.29) is 0 Å². The molecule has 0 aromatic rings. The molecule has 12 heavy (non-hydrogen) atoms. The fraction of sp³-hybridized carbons (Fsp3) is 0.800. The van der Waals surface area contributed by atoms with Gasteiger partial charge in [-0.15, -0.1) is 0 Å². The first kappa shape index (κ1) is 12.0. The van der Waals surface area contributed by atoms with Crippen LogP contribution in [0.1, 0.15) is 0 Å². The first-order chi connectivity index (χ1) is 5.29. The van der Waals surface area contributed by atoms with Crippen molar-refractivity contribution in [2.75, 3.05) is 12.4 Å². The number of carbonyl (C=O) groups excluding carboxylic acids is 1. The summed E-state index contributed by atoms with van der Waals surface area (Å²) in [5.41, 5.74) is 0. The molecular weight excluding hydrogens is 264 g/mol. The van der Waals surface area contributed by atoms with Gasteiger partial charge in [0, 0.05) is 5.33 Å². The number of alkyl halides is 5. The number of esters is 1. The average Bonchev–Trinajstić information content (AvgIpc) is 1.99. The van der Waals surface area contributed by atoms with Gasteiger partial charge in [0.25, 0.3) is 0 Å². The summed E-state index contributed by atoms with van der Waals surface area (Å²) >= 11 is 7.50. The van der Waals surface area contributed by atoms with Gasteiger partial charge < -0.3 is 4.74 Å². The van der Waals surface area contributed by atoms with Crippen LogP contribution in [0.5, 0.6) is 0 Å². The van der Waals surface area contributed by atoms with E-state index in [0.29, 0.717) is 0 Å². The van der Waals surface area contributed by atoms with E-state index in [1.165, 1.54) is 0 Å². The van der Waals surface area contributed by atoms with Crippen LogP contribution in [0.15, 0.2) is 0 Å². The van der Waals surface area contributed by atoms with Gasteiger partial charge in [0.1, 0.15) is 0 Å². The van der Waals surface area contributed by atoms with Crippen molar-refractivity contribution in [2.24, 2.45) is 0 Å². The fourth-order valence-electron chi connectivity index (χ4n) is 0.408. The lowest BCUT2D eigenvalue weighted by atomic mass is 10.1. The number of hydrogen-bond donors (Lipinski definition) is 0. The number of carbonyl (C=O) groups is 1. The first-order valence-corrected chi connectivity index (χ1v) is 4.19. The fourth-order valence-corrected chi connectivity index (χ4v) is 1.03. The smallest absolute Gasteiger partial charge is 0.419 e. The van der Waals surface area contributed by atoms with E-state index in [2.05, 4.69) is 20.7 Å². The normalized spacial score (nSPS) is 16.8. The largest absolute Gasteiger partial charge is 0.467 e. The summed E-state index contributed by atoms with van der Waals surface area (Å²) in [6.07, 6.45) is -4.83. The molecule has 0 aliphatic carbocycles. The minimum Gasteiger partial charge on any atom is -0.467 e. The number of hydrogen-bond acceptors (Lipinski definition) is 2. The maximum atomic E-state index is 12.1. The monoisotopic (exact) mass is 268 g/mol. The third-order valence-corrected chi connectivity index (χ3v) is 2.81. The molecule has 0 aliphatic heterocycles. The zero-order chi connectivity index (χ0) is 9.99. The minimum absolute atomic E-state index is 0.738. The van der Waals surface area contributed by atoms with E-state index in [1.54, 1.807) is 0 Å². The SMILES string of the molecule is COC(=O)C(Cl)(CBr)C(F)(F)F. The van der Waals surface area contributed by atoms with E-state index >= 15 is 0 Å². The van der Waals surface area contributed by atoms with Gasteiger partial charge in [-0.3, -0.25) is 0 Å². The van der Waals surface area contributed by atoms with E-state index in [1.807, 2.05) is 0 Å². The molecule has 0 aromatic heterocycles. The molecule has 0 saturated heterocycles. The standard InChI is InChI=1S/C5H5BrClF3O2/c1-12-3(11)4(7,2-6)5(8,9)10/h2H2,1H3. The Hall–Kier alpha value is 0.0300. The summed E-state index contributed by atoms with van der Waals surface area (Å²) in [7, 11) is 0.841. The second kappa shape index (κ2) is 3.83. The van der Waals surface area contributed by atoms with Crippen molar-refractivity contribution in [2.45, 2.75) is 11.1 Å². The lowest BCUT2D eigenvalue weighted by molar-refractivity contribution is -0.182. The van der Waals surface area contributed by atoms with Gasteiger partial charge >= 0.3 is 12.1 Å². The molecule has 0 fully saturated rings. The van der Waals surface area contributed by atoms with Gasteiger partial charge in [-0.05, 0) is 0 Å². The maximum absolute atomic E-state index is 12.1. The Morgan fingerprint density at radius 1 is 1.58 bits per heavy atom. The Balaban J connectivity index is 4.80. The van der Waals surface area contributed by atoms with Gasteiger partial charge in [0.2, 0.25) is 4.87 Å². The van der Waals surface area contributed by atoms with E-state index in [0.717, 1.165) is 7.11 Å². The molecule has 1 atom stereocenters. The van der Waals surface area contributed by atoms with E-state index in [9.17, 15) is 18.0 Å². The number of methoxy groups -OCH3 is 1. The quantitative estimate of drug-likeness (QED) is 0.567. The molecule has 0 saturated carbocycles. The summed E-state index contributed by atoms with van der Waals surface area (Å²) in [5, 5.41) is -0.738. The molecule has 7 heteroatoms. The first-order valence-electron chi connectivity index (χ1n) is 2.69. The van der Waals surface area contributed by atoms with Crippen LogP contribution < -0.4 is 0 Å². The molecule has 0 aliphatic rings. The van der Waals surface area contributed by atoms with Crippen molar-refractivity contribution in [3.05, 3.63) is 0 Å². The molecule has 0 N–H and O–H groups in total. The topological polar surface area (TPSA) is 26.3 Å². The highest BCUT2D eigenvalue weighted by molar-refractivity contribution is 9.09. The molecule has 0 rings (SSSR count). The second-order valence-electron chi connectivity index (χ2n) is 1.92. The lowest BCUT2D eigenvalue weighted by Crippen LogP contribution is -2.49. The van der Waals surface area contributed by atoms with Crippen LogP contribution in [0.25, 0.3) is 0 Å². The van der Waals surface area contributed by atoms with Crippen LogP contribution >= 0.6 is 27.5 Å². The predicted octanol–water partition coefficient (Wildman–Crippen LogP) is 2.09. The molecule has 0 spiro atoms. The summed E-state index contributed by atoms with van der Waals surface area (Å²) in [6.45, 7) is 0. The third kappa shape index (κ3) is 2.04. The Labute approximate surface area is 80.1 Å². The minimum atomic E-state index is -4.83. The van der Waals surface area contributed by atoms with E-state index in [4.69, 9.17) is 11.6 Å². The highest BCUT2D eigenvalue weighted by Gasteiger charge is 2.59. The highest BCUT2D eigenvalue weighted by Crippen LogP contribution is 2.38. The van der Waals surface area contributed by atoms with Crippen molar-refractivity contribution in [1.82, 2.24) is 0 Å². The Morgan fingerprint density at radius 2 is 2.00 bits per heavy atom. The van der Waals surface area contributed by atoms with Crippen LogP contribution in [0, 0.1) is 0 Å². The van der Waals surface area contributed by atoms with Gasteiger partial charge in [-0.1, -0.05) is 27.5 Å². The maximum Gasteiger partial charge on any atom is 0.419 e. The zero-order valence-electron chi connectivity index (χ0n) is 5.91. The van der Waals surface area contributed by atoms with Crippen LogP contribution in [-0.2, 0) is 9.53 Å². The highest BCUT2D eigenvalue weighted by atomic mass is 79.9. The molecule has 0 amide bonds. The summed E-state index contributed by atoms with van der Waals surface area (Å²) < 4.78 is 40.1. The Morgan fingerprint density at radius 3 is 2.08 bits per heavy atom. The summed E-state index contributed by atoms with van der Waals surface area (Å²) in [4.78, 5) is 7.62. The molecule has 72 valence electrons. The molecule has 0 heterocycles. The lowest BCUT2D eigenvalue weighted by Gasteiger charge is -2.24. The van der Waals surface area contributed by atoms with Crippen molar-refractivity contribution in [1.29, 1.82) is 0 Å². The van der Waals surface area contributed by atoms with Gasteiger partial charge in [0.05, 0.1) is 7.11 Å². The van der Waals surface area contributed by atoms with Gasteiger partial charge in [-0.25, -0.2) is 4.79 Å². The average molecular weight is 269 g/mol. The number of ether oxygens (including phenoxy) is 1. The second-order valence-corrected chi connectivity index (χ2v) is 3.13. The Kier molecular flexibility index (Phi) is 3.84. The molecule has 2 nitrogen and oxygen atoms in total. The van der Waals surface area contributed by atoms with Crippen molar-refractivity contribution in [3.63, 3.8) is 0 Å². The van der Waals surface area contributed by atoms with Crippen molar-refractivity contribution >= 4 is 33.5 Å². The summed E-state index contributed by atoms with van der Waals surface area (Å²) in [5.74, 6) is -1.52. The molecule has 1 unspecified atom stereocenters. The summed E-state index contributed by atoms with van der Waals surface area (Å²) in [6, 6.07) is 0. The molecular formula is C5H5BrClF3O2. The molecule has 0 radical (unpaired) electrons. The molecule has 0 aromatic carbocycles. The van der Waals surface area contributed by atoms with Gasteiger partial charge in [0.15, 0.2) is 0 Å². The third-order valence-electron chi connectivity index (χ3n) is 1.14. The number of rotatable bonds is 2. The van der Waals surface area contributed by atoms with Crippen LogP contribution in [0.2, 0.25) is 0 Å². The predicted molar refractivity (Wildman–Crippen MR) is 40.4 cm³/mol. The zero-order valence-corrected chi connectivity index (χ0v) is 8.26. The van der Waals surface area contributed by atoms with Gasteiger partial charge in [-0.2, -0.15) is 13.2 Å². The van der Waals surface area contributed by atoms with Crippen LogP contribution in [0.4, 0.5) is 13.2 Å².